The average Bonchev–Trinajstić information content (AvgIpc) is 2.30. The Kier molecular flexibility index (Phi) is 5.99. The van der Waals surface area contributed by atoms with Crippen molar-refractivity contribution in [2.24, 2.45) is 0 Å². The van der Waals surface area contributed by atoms with Crippen molar-refractivity contribution in [1.82, 2.24) is 10.2 Å². The topological polar surface area (TPSA) is 61.4 Å². The first kappa shape index (κ1) is 18.0. The Hall–Kier alpha value is -2.02. The van der Waals surface area contributed by atoms with Crippen molar-refractivity contribution in [3.8, 4) is 0 Å². The van der Waals surface area contributed by atoms with E-state index in [9.17, 15) is 18.4 Å². The van der Waals surface area contributed by atoms with Crippen molar-refractivity contribution < 1.29 is 18.4 Å². The van der Waals surface area contributed by atoms with Gasteiger partial charge in [0.2, 0.25) is 11.8 Å². The summed E-state index contributed by atoms with van der Waals surface area (Å²) in [5.74, 6) is -2.12. The van der Waals surface area contributed by atoms with E-state index in [1.54, 1.807) is 7.05 Å². The molecule has 22 heavy (non-hydrogen) atoms. The Morgan fingerprint density at radius 2 is 1.73 bits per heavy atom. The molecule has 0 atom stereocenters. The van der Waals surface area contributed by atoms with Gasteiger partial charge >= 0.3 is 0 Å². The van der Waals surface area contributed by atoms with E-state index in [1.807, 2.05) is 20.8 Å². The number of hydrogen-bond donors (Lipinski definition) is 2. The van der Waals surface area contributed by atoms with Gasteiger partial charge in [0.15, 0.2) is 0 Å². The number of carbonyl (C=O) groups excluding carboxylic acids is 2. The van der Waals surface area contributed by atoms with Gasteiger partial charge in [-0.25, -0.2) is 8.78 Å². The number of anilines is 1. The van der Waals surface area contributed by atoms with Crippen LogP contribution >= 0.6 is 0 Å². The molecule has 0 radical (unpaired) electrons. The summed E-state index contributed by atoms with van der Waals surface area (Å²) in [6, 6.07) is 2.80. The predicted octanol–water partition coefficient (Wildman–Crippen LogP) is 1.75. The smallest absolute Gasteiger partial charge is 0.238 e. The highest BCUT2D eigenvalue weighted by molar-refractivity contribution is 5.92. The van der Waals surface area contributed by atoms with Crippen LogP contribution in [0.15, 0.2) is 18.2 Å². The molecule has 0 spiro atoms. The second-order valence-corrected chi connectivity index (χ2v) is 6.14. The SMILES string of the molecule is CN(CC(=O)Nc1cc(F)ccc1F)CC(=O)NC(C)(C)C. The summed E-state index contributed by atoms with van der Waals surface area (Å²) in [7, 11) is 1.59. The maximum atomic E-state index is 13.4. The molecule has 2 N–H and O–H groups in total. The third-order valence-electron chi connectivity index (χ3n) is 2.54. The molecule has 7 heteroatoms. The third-order valence-corrected chi connectivity index (χ3v) is 2.54. The van der Waals surface area contributed by atoms with Crippen LogP contribution in [0.4, 0.5) is 14.5 Å². The first-order valence-electron chi connectivity index (χ1n) is 6.81. The minimum atomic E-state index is -0.720. The van der Waals surface area contributed by atoms with E-state index < -0.39 is 17.5 Å². The Morgan fingerprint density at radius 1 is 1.14 bits per heavy atom. The van der Waals surface area contributed by atoms with E-state index in [4.69, 9.17) is 0 Å². The molecule has 0 heterocycles. The van der Waals surface area contributed by atoms with E-state index in [0.717, 1.165) is 18.2 Å². The zero-order valence-corrected chi connectivity index (χ0v) is 13.2. The minimum absolute atomic E-state index is 0.0241. The van der Waals surface area contributed by atoms with E-state index >= 15 is 0 Å². The number of carbonyl (C=O) groups is 2. The number of halogens is 2. The molecule has 1 rings (SSSR count). The second-order valence-electron chi connectivity index (χ2n) is 6.14. The van der Waals surface area contributed by atoms with Gasteiger partial charge in [0.05, 0.1) is 18.8 Å². The molecule has 0 bridgehead atoms. The monoisotopic (exact) mass is 313 g/mol. The van der Waals surface area contributed by atoms with Crippen LogP contribution in [0.25, 0.3) is 0 Å². The molecule has 0 aliphatic heterocycles. The lowest BCUT2D eigenvalue weighted by Crippen LogP contribution is -2.46. The summed E-state index contributed by atoms with van der Waals surface area (Å²) in [6.07, 6.45) is 0. The molecular weight excluding hydrogens is 292 g/mol. The van der Waals surface area contributed by atoms with Crippen molar-refractivity contribution in [3.05, 3.63) is 29.8 Å². The van der Waals surface area contributed by atoms with Crippen molar-refractivity contribution in [1.29, 1.82) is 0 Å². The van der Waals surface area contributed by atoms with Gasteiger partial charge < -0.3 is 10.6 Å². The standard InChI is InChI=1S/C15H21F2N3O2/c1-15(2,3)19-14(22)9-20(4)8-13(21)18-12-7-10(16)5-6-11(12)17/h5-7H,8-9H2,1-4H3,(H,18,21)(H,19,22). The van der Waals surface area contributed by atoms with Crippen LogP contribution in [-0.2, 0) is 9.59 Å². The number of nitrogens with one attached hydrogen (secondary N) is 2. The molecule has 1 aromatic carbocycles. The van der Waals surface area contributed by atoms with Crippen molar-refractivity contribution in [2.45, 2.75) is 26.3 Å². The highest BCUT2D eigenvalue weighted by Gasteiger charge is 2.17. The van der Waals surface area contributed by atoms with Crippen LogP contribution < -0.4 is 10.6 Å². The fraction of sp³-hybridized carbons (Fsp3) is 0.467. The van der Waals surface area contributed by atoms with E-state index in [1.165, 1.54) is 4.90 Å². The Morgan fingerprint density at radius 3 is 2.32 bits per heavy atom. The van der Waals surface area contributed by atoms with Crippen LogP contribution in [-0.4, -0.2) is 42.4 Å². The summed E-state index contributed by atoms with van der Waals surface area (Å²) in [4.78, 5) is 25.0. The van der Waals surface area contributed by atoms with Crippen molar-refractivity contribution in [2.75, 3.05) is 25.5 Å². The quantitative estimate of drug-likeness (QED) is 0.870. The zero-order valence-electron chi connectivity index (χ0n) is 13.2. The lowest BCUT2D eigenvalue weighted by atomic mass is 10.1. The molecule has 2 amide bonds. The number of hydrogen-bond acceptors (Lipinski definition) is 3. The first-order valence-corrected chi connectivity index (χ1v) is 6.81. The summed E-state index contributed by atoms with van der Waals surface area (Å²) in [6.45, 7) is 5.46. The van der Waals surface area contributed by atoms with Gasteiger partial charge in [0, 0.05) is 11.6 Å². The highest BCUT2D eigenvalue weighted by Crippen LogP contribution is 2.15. The normalized spacial score (nSPS) is 11.4. The van der Waals surface area contributed by atoms with Crippen LogP contribution in [0, 0.1) is 11.6 Å². The fourth-order valence-corrected chi connectivity index (χ4v) is 1.79. The van der Waals surface area contributed by atoms with E-state index in [2.05, 4.69) is 10.6 Å². The average molecular weight is 313 g/mol. The second kappa shape index (κ2) is 7.31. The molecule has 0 saturated heterocycles. The van der Waals surface area contributed by atoms with Gasteiger partial charge in [0.1, 0.15) is 11.6 Å². The highest BCUT2D eigenvalue weighted by atomic mass is 19.1. The number of likely N-dealkylation sites (N-methyl/N-ethyl adjacent to an activating group) is 1. The van der Waals surface area contributed by atoms with Crippen LogP contribution in [0.5, 0.6) is 0 Å². The van der Waals surface area contributed by atoms with Gasteiger partial charge in [-0.3, -0.25) is 14.5 Å². The minimum Gasteiger partial charge on any atom is -0.350 e. The van der Waals surface area contributed by atoms with Crippen LogP contribution in [0.3, 0.4) is 0 Å². The van der Waals surface area contributed by atoms with Gasteiger partial charge in [-0.2, -0.15) is 0 Å². The van der Waals surface area contributed by atoms with Gasteiger partial charge in [0.25, 0.3) is 0 Å². The molecule has 0 aliphatic rings. The fourth-order valence-electron chi connectivity index (χ4n) is 1.79. The zero-order chi connectivity index (χ0) is 16.9. The van der Waals surface area contributed by atoms with Crippen molar-refractivity contribution >= 4 is 17.5 Å². The van der Waals surface area contributed by atoms with Gasteiger partial charge in [-0.15, -0.1) is 0 Å². The predicted molar refractivity (Wildman–Crippen MR) is 80.4 cm³/mol. The number of amides is 2. The first-order chi connectivity index (χ1) is 10.1. The summed E-state index contributed by atoms with van der Waals surface area (Å²) in [5.41, 5.74) is -0.581. The van der Waals surface area contributed by atoms with Gasteiger partial charge in [-0.1, -0.05) is 0 Å². The molecule has 0 fully saturated rings. The lowest BCUT2D eigenvalue weighted by molar-refractivity contribution is -0.124. The van der Waals surface area contributed by atoms with Gasteiger partial charge in [-0.05, 0) is 40.0 Å². The Balaban J connectivity index is 2.51. The molecule has 0 unspecified atom stereocenters. The largest absolute Gasteiger partial charge is 0.350 e. The Labute approximate surface area is 128 Å². The molecule has 0 saturated carbocycles. The lowest BCUT2D eigenvalue weighted by Gasteiger charge is -2.23. The summed E-state index contributed by atoms with van der Waals surface area (Å²) >= 11 is 0. The summed E-state index contributed by atoms with van der Waals surface area (Å²) < 4.78 is 26.4. The van der Waals surface area contributed by atoms with Crippen LogP contribution in [0.1, 0.15) is 20.8 Å². The van der Waals surface area contributed by atoms with E-state index in [0.29, 0.717) is 0 Å². The molecule has 0 aromatic heterocycles. The molecule has 122 valence electrons. The number of rotatable bonds is 5. The number of benzene rings is 1. The third kappa shape index (κ3) is 6.62. The molecule has 0 aliphatic carbocycles. The van der Waals surface area contributed by atoms with Crippen LogP contribution in [0.2, 0.25) is 0 Å². The molecular formula is C15H21F2N3O2. The van der Waals surface area contributed by atoms with Crippen molar-refractivity contribution in [3.63, 3.8) is 0 Å². The maximum Gasteiger partial charge on any atom is 0.238 e. The Bertz CT molecular complexity index is 556. The molecule has 5 nitrogen and oxygen atoms in total. The summed E-state index contributed by atoms with van der Waals surface area (Å²) in [5, 5.41) is 5.04. The van der Waals surface area contributed by atoms with E-state index in [-0.39, 0.29) is 30.2 Å². The maximum absolute atomic E-state index is 13.4. The molecule has 1 aromatic rings. The number of nitrogens with zero attached hydrogens (tertiary/aromatic N) is 1.